The van der Waals surface area contributed by atoms with Crippen LogP contribution in [0.15, 0.2) is 71.6 Å². The Morgan fingerprint density at radius 3 is 2.48 bits per heavy atom. The van der Waals surface area contributed by atoms with Crippen molar-refractivity contribution in [3.8, 4) is 5.75 Å². The Bertz CT molecular complexity index is 791. The topological polar surface area (TPSA) is 26.3 Å². The molecule has 0 atom stereocenters. The Morgan fingerprint density at radius 1 is 0.905 bits per heavy atom. The number of hydrogen-bond acceptors (Lipinski definition) is 3. The van der Waals surface area contributed by atoms with Crippen molar-refractivity contribution in [2.45, 2.75) is 11.3 Å². The highest BCUT2D eigenvalue weighted by Crippen LogP contribution is 2.23. The maximum Gasteiger partial charge on any atom is 0.315 e. The van der Waals surface area contributed by atoms with E-state index in [0.717, 1.165) is 16.3 Å². The molecular formula is C18H14O2S. The molecule has 0 aliphatic heterocycles. The summed E-state index contributed by atoms with van der Waals surface area (Å²) in [6.07, 6.45) is 0.240. The lowest BCUT2D eigenvalue weighted by molar-refractivity contribution is -0.133. The molecule has 3 aromatic rings. The minimum Gasteiger partial charge on any atom is -0.425 e. The van der Waals surface area contributed by atoms with Gasteiger partial charge < -0.3 is 4.74 Å². The molecule has 0 aromatic heterocycles. The Morgan fingerprint density at radius 2 is 1.62 bits per heavy atom. The number of benzene rings is 3. The van der Waals surface area contributed by atoms with E-state index in [-0.39, 0.29) is 12.4 Å². The second-order valence-corrected chi connectivity index (χ2v) is 5.24. The summed E-state index contributed by atoms with van der Waals surface area (Å²) in [7, 11) is 0. The number of carbonyl (C=O) groups is 1. The molecule has 0 amide bonds. The molecule has 0 aliphatic carbocycles. The molecular weight excluding hydrogens is 280 g/mol. The second kappa shape index (κ2) is 6.02. The molecule has 3 heteroatoms. The molecule has 0 fully saturated rings. The normalized spacial score (nSPS) is 10.5. The van der Waals surface area contributed by atoms with E-state index in [1.807, 2.05) is 54.6 Å². The zero-order valence-corrected chi connectivity index (χ0v) is 12.2. The third-order valence-electron chi connectivity index (χ3n) is 3.30. The van der Waals surface area contributed by atoms with Crippen LogP contribution in [0.5, 0.6) is 5.75 Å². The van der Waals surface area contributed by atoms with Gasteiger partial charge in [-0.3, -0.25) is 4.79 Å². The van der Waals surface area contributed by atoms with Crippen LogP contribution in [0.25, 0.3) is 10.8 Å². The van der Waals surface area contributed by atoms with Crippen molar-refractivity contribution >= 4 is 29.4 Å². The summed E-state index contributed by atoms with van der Waals surface area (Å²) in [5, 5.41) is 2.20. The molecule has 0 aliphatic rings. The highest BCUT2D eigenvalue weighted by Gasteiger charge is 2.10. The standard InChI is InChI=1S/C18H14O2S/c19-18(20-16-10-3-4-11-17(16)21)12-14-8-5-7-13-6-1-2-9-15(13)14/h1-11,21H,12H2. The number of hydrogen-bond donors (Lipinski definition) is 1. The van der Waals surface area contributed by atoms with Gasteiger partial charge in [-0.25, -0.2) is 0 Å². The molecule has 0 unspecified atom stereocenters. The molecule has 0 saturated heterocycles. The first-order valence-electron chi connectivity index (χ1n) is 6.69. The first kappa shape index (κ1) is 13.7. The summed E-state index contributed by atoms with van der Waals surface area (Å²) in [6.45, 7) is 0. The Hall–Kier alpha value is -2.26. The van der Waals surface area contributed by atoms with Gasteiger partial charge in [0.2, 0.25) is 0 Å². The maximum absolute atomic E-state index is 12.1. The van der Waals surface area contributed by atoms with Gasteiger partial charge >= 0.3 is 5.97 Å². The molecule has 2 nitrogen and oxygen atoms in total. The van der Waals surface area contributed by atoms with Crippen LogP contribution in [0.4, 0.5) is 0 Å². The van der Waals surface area contributed by atoms with Crippen LogP contribution in [-0.2, 0) is 11.2 Å². The van der Waals surface area contributed by atoms with Gasteiger partial charge in [0.15, 0.2) is 0 Å². The molecule has 0 radical (unpaired) electrons. The van der Waals surface area contributed by atoms with Crippen molar-refractivity contribution < 1.29 is 9.53 Å². The third-order valence-corrected chi connectivity index (χ3v) is 3.67. The first-order chi connectivity index (χ1) is 10.2. The number of rotatable bonds is 3. The van der Waals surface area contributed by atoms with Crippen molar-refractivity contribution in [2.75, 3.05) is 0 Å². The van der Waals surface area contributed by atoms with Crippen LogP contribution in [0, 0.1) is 0 Å². The van der Waals surface area contributed by atoms with Gasteiger partial charge in [-0.2, -0.15) is 0 Å². The minimum absolute atomic E-state index is 0.240. The van der Waals surface area contributed by atoms with Crippen molar-refractivity contribution in [3.05, 3.63) is 72.3 Å². The van der Waals surface area contributed by atoms with E-state index >= 15 is 0 Å². The number of carbonyl (C=O) groups excluding carboxylic acids is 1. The Balaban J connectivity index is 1.82. The van der Waals surface area contributed by atoms with E-state index in [9.17, 15) is 4.79 Å². The van der Waals surface area contributed by atoms with E-state index in [2.05, 4.69) is 12.6 Å². The fourth-order valence-corrected chi connectivity index (χ4v) is 2.51. The van der Waals surface area contributed by atoms with E-state index in [0.29, 0.717) is 10.6 Å². The van der Waals surface area contributed by atoms with Crippen LogP contribution < -0.4 is 4.74 Å². The predicted molar refractivity (Wildman–Crippen MR) is 87.0 cm³/mol. The zero-order valence-electron chi connectivity index (χ0n) is 11.3. The van der Waals surface area contributed by atoms with Gasteiger partial charge in [-0.05, 0) is 28.5 Å². The smallest absolute Gasteiger partial charge is 0.315 e. The number of fused-ring (bicyclic) bond motifs is 1. The summed E-state index contributed by atoms with van der Waals surface area (Å²) in [6, 6.07) is 21.2. The van der Waals surface area contributed by atoms with E-state index < -0.39 is 0 Å². The quantitative estimate of drug-likeness (QED) is 0.443. The lowest BCUT2D eigenvalue weighted by atomic mass is 10.0. The van der Waals surface area contributed by atoms with Crippen LogP contribution in [-0.4, -0.2) is 5.97 Å². The van der Waals surface area contributed by atoms with Crippen LogP contribution in [0.3, 0.4) is 0 Å². The summed E-state index contributed by atoms with van der Waals surface area (Å²) in [5.74, 6) is 0.207. The Kier molecular flexibility index (Phi) is 3.93. The van der Waals surface area contributed by atoms with Gasteiger partial charge in [0.05, 0.1) is 6.42 Å². The number of esters is 1. The highest BCUT2D eigenvalue weighted by atomic mass is 32.1. The van der Waals surface area contributed by atoms with Gasteiger partial charge in [0.25, 0.3) is 0 Å². The summed E-state index contributed by atoms with van der Waals surface area (Å²) in [5.41, 5.74) is 0.967. The van der Waals surface area contributed by atoms with Crippen LogP contribution in [0.2, 0.25) is 0 Å². The summed E-state index contributed by atoms with van der Waals surface area (Å²) < 4.78 is 5.38. The molecule has 0 saturated carbocycles. The van der Waals surface area contributed by atoms with Gasteiger partial charge in [-0.1, -0.05) is 54.6 Å². The van der Waals surface area contributed by atoms with Crippen molar-refractivity contribution in [1.29, 1.82) is 0 Å². The SMILES string of the molecule is O=C(Cc1cccc2ccccc12)Oc1ccccc1S. The van der Waals surface area contributed by atoms with Gasteiger partial charge in [0, 0.05) is 4.90 Å². The minimum atomic E-state index is -0.284. The highest BCUT2D eigenvalue weighted by molar-refractivity contribution is 7.80. The fraction of sp³-hybridized carbons (Fsp3) is 0.0556. The Labute approximate surface area is 128 Å². The van der Waals surface area contributed by atoms with Crippen LogP contribution >= 0.6 is 12.6 Å². The van der Waals surface area contributed by atoms with Crippen LogP contribution in [0.1, 0.15) is 5.56 Å². The largest absolute Gasteiger partial charge is 0.425 e. The van der Waals surface area contributed by atoms with Crippen molar-refractivity contribution in [3.63, 3.8) is 0 Å². The number of thiol groups is 1. The summed E-state index contributed by atoms with van der Waals surface area (Å²) in [4.78, 5) is 12.8. The molecule has 3 aromatic carbocycles. The van der Waals surface area contributed by atoms with Gasteiger partial charge in [-0.15, -0.1) is 12.6 Å². The first-order valence-corrected chi connectivity index (χ1v) is 7.14. The summed E-state index contributed by atoms with van der Waals surface area (Å²) >= 11 is 4.28. The predicted octanol–water partition coefficient (Wildman–Crippen LogP) is 4.28. The van der Waals surface area contributed by atoms with Crippen molar-refractivity contribution in [2.24, 2.45) is 0 Å². The van der Waals surface area contributed by atoms with Gasteiger partial charge in [0.1, 0.15) is 5.75 Å². The maximum atomic E-state index is 12.1. The average molecular weight is 294 g/mol. The number of para-hydroxylation sites is 1. The van der Waals surface area contributed by atoms with E-state index in [1.54, 1.807) is 12.1 Å². The molecule has 0 N–H and O–H groups in total. The fourth-order valence-electron chi connectivity index (χ4n) is 2.30. The van der Waals surface area contributed by atoms with E-state index in [4.69, 9.17) is 4.74 Å². The molecule has 0 heterocycles. The molecule has 21 heavy (non-hydrogen) atoms. The second-order valence-electron chi connectivity index (χ2n) is 4.76. The molecule has 3 rings (SSSR count). The van der Waals surface area contributed by atoms with Crippen molar-refractivity contribution in [1.82, 2.24) is 0 Å². The molecule has 0 spiro atoms. The number of ether oxygens (including phenoxy) is 1. The monoisotopic (exact) mass is 294 g/mol. The third kappa shape index (κ3) is 3.09. The lowest BCUT2D eigenvalue weighted by Gasteiger charge is -2.08. The average Bonchev–Trinajstić information content (AvgIpc) is 2.50. The zero-order chi connectivity index (χ0) is 14.7. The molecule has 0 bridgehead atoms. The van der Waals surface area contributed by atoms with E-state index in [1.165, 1.54) is 0 Å². The lowest BCUT2D eigenvalue weighted by Crippen LogP contribution is -2.11. The molecule has 104 valence electrons.